The van der Waals surface area contributed by atoms with Crippen LogP contribution < -0.4 is 11.1 Å². The first-order valence-corrected chi connectivity index (χ1v) is 8.88. The Morgan fingerprint density at radius 2 is 2.04 bits per heavy atom. The number of benzene rings is 2. The third kappa shape index (κ3) is 3.51. The Kier molecular flexibility index (Phi) is 4.89. The second-order valence-corrected chi connectivity index (χ2v) is 6.59. The van der Waals surface area contributed by atoms with Crippen LogP contribution in [-0.2, 0) is 0 Å². The van der Waals surface area contributed by atoms with E-state index in [1.165, 1.54) is 6.33 Å². The summed E-state index contributed by atoms with van der Waals surface area (Å²) in [6.45, 7) is 1.69. The van der Waals surface area contributed by atoms with E-state index in [4.69, 9.17) is 5.73 Å². The molecule has 1 atom stereocenters. The molecule has 0 radical (unpaired) electrons. The van der Waals surface area contributed by atoms with Crippen LogP contribution in [0.15, 0.2) is 48.9 Å². The molecule has 6 nitrogen and oxygen atoms in total. The van der Waals surface area contributed by atoms with Gasteiger partial charge in [-0.25, -0.2) is 18.7 Å². The highest BCUT2D eigenvalue weighted by Gasteiger charge is 2.17. The van der Waals surface area contributed by atoms with E-state index >= 15 is 0 Å². The average molecular weight is 383 g/mol. The summed E-state index contributed by atoms with van der Waals surface area (Å²) < 4.78 is 28.2. The standard InChI is InChI=1S/C20H19F2N5O/c21-12-5-6-16(22)15(9-12)17(10-27-7-2-8-27)26-20-14-4-1-3-13(19(23)28)18(14)24-11-25-20/h1,3-6,9-11,19,28H,2,7-8,23H2,(H,24,25,26)/b17-10+. The van der Waals surface area contributed by atoms with Crippen molar-refractivity contribution >= 4 is 22.4 Å². The highest BCUT2D eigenvalue weighted by Crippen LogP contribution is 2.29. The van der Waals surface area contributed by atoms with Gasteiger partial charge >= 0.3 is 0 Å². The maximum absolute atomic E-state index is 14.4. The Morgan fingerprint density at radius 3 is 2.75 bits per heavy atom. The highest BCUT2D eigenvalue weighted by molar-refractivity contribution is 5.94. The number of likely N-dealkylation sites (tertiary alicyclic amines) is 1. The van der Waals surface area contributed by atoms with E-state index in [1.54, 1.807) is 24.4 Å². The molecule has 1 unspecified atom stereocenters. The zero-order valence-electron chi connectivity index (χ0n) is 14.9. The number of aromatic nitrogens is 2. The van der Waals surface area contributed by atoms with Gasteiger partial charge in [0.25, 0.3) is 0 Å². The van der Waals surface area contributed by atoms with E-state index in [0.717, 1.165) is 37.7 Å². The molecular weight excluding hydrogens is 364 g/mol. The molecular formula is C20H19F2N5O. The molecule has 2 heterocycles. The lowest BCUT2D eigenvalue weighted by Crippen LogP contribution is -2.32. The predicted octanol–water partition coefficient (Wildman–Crippen LogP) is 2.97. The van der Waals surface area contributed by atoms with Gasteiger partial charge < -0.3 is 21.1 Å². The monoisotopic (exact) mass is 383 g/mol. The van der Waals surface area contributed by atoms with Crippen LogP contribution >= 0.6 is 0 Å². The maximum atomic E-state index is 14.4. The molecule has 1 fully saturated rings. The van der Waals surface area contributed by atoms with Crippen molar-refractivity contribution in [3.05, 3.63) is 71.7 Å². The van der Waals surface area contributed by atoms with Crippen LogP contribution in [-0.4, -0.2) is 33.1 Å². The van der Waals surface area contributed by atoms with E-state index in [-0.39, 0.29) is 5.56 Å². The lowest BCUT2D eigenvalue weighted by molar-refractivity contribution is 0.187. The number of hydrogen-bond donors (Lipinski definition) is 3. The number of nitrogens with zero attached hydrogens (tertiary/aromatic N) is 3. The van der Waals surface area contributed by atoms with E-state index < -0.39 is 17.9 Å². The van der Waals surface area contributed by atoms with Crippen LogP contribution in [0.2, 0.25) is 0 Å². The van der Waals surface area contributed by atoms with Gasteiger partial charge in [-0.05, 0) is 30.7 Å². The smallest absolute Gasteiger partial charge is 0.141 e. The molecule has 3 aromatic rings. The molecule has 0 saturated carbocycles. The molecule has 2 aromatic carbocycles. The lowest BCUT2D eigenvalue weighted by Gasteiger charge is -2.30. The van der Waals surface area contributed by atoms with Crippen LogP contribution in [0.25, 0.3) is 16.6 Å². The highest BCUT2D eigenvalue weighted by atomic mass is 19.1. The molecule has 4 rings (SSSR count). The van der Waals surface area contributed by atoms with Crippen molar-refractivity contribution in [3.63, 3.8) is 0 Å². The molecule has 1 aliphatic rings. The molecule has 1 aliphatic heterocycles. The number of rotatable bonds is 5. The van der Waals surface area contributed by atoms with Gasteiger partial charge in [0.15, 0.2) is 0 Å². The molecule has 28 heavy (non-hydrogen) atoms. The first kappa shape index (κ1) is 18.3. The summed E-state index contributed by atoms with van der Waals surface area (Å²) in [6, 6.07) is 8.49. The fourth-order valence-electron chi connectivity index (χ4n) is 3.10. The number of anilines is 1. The van der Waals surface area contributed by atoms with Gasteiger partial charge in [0, 0.05) is 35.8 Å². The van der Waals surface area contributed by atoms with Crippen molar-refractivity contribution in [1.82, 2.24) is 14.9 Å². The Hall–Kier alpha value is -3.10. The minimum absolute atomic E-state index is 0.105. The first-order chi connectivity index (χ1) is 13.5. The fraction of sp³-hybridized carbons (Fsp3) is 0.200. The molecule has 8 heteroatoms. The Balaban J connectivity index is 1.80. The van der Waals surface area contributed by atoms with Crippen LogP contribution in [0.1, 0.15) is 23.8 Å². The third-order valence-electron chi connectivity index (χ3n) is 4.69. The molecule has 0 amide bonds. The van der Waals surface area contributed by atoms with E-state index in [0.29, 0.717) is 28.0 Å². The summed E-state index contributed by atoms with van der Waals surface area (Å²) in [6.07, 6.45) is 2.95. The summed E-state index contributed by atoms with van der Waals surface area (Å²) in [5.41, 5.74) is 7.04. The van der Waals surface area contributed by atoms with Crippen molar-refractivity contribution in [2.24, 2.45) is 5.73 Å². The number of nitrogens with two attached hydrogens (primary N) is 1. The molecule has 144 valence electrons. The second-order valence-electron chi connectivity index (χ2n) is 6.59. The fourth-order valence-corrected chi connectivity index (χ4v) is 3.10. The van der Waals surface area contributed by atoms with E-state index in [2.05, 4.69) is 15.3 Å². The topological polar surface area (TPSA) is 87.3 Å². The quantitative estimate of drug-likeness (QED) is 0.587. The number of halogens is 2. The number of nitrogens with one attached hydrogen (secondary N) is 1. The molecule has 0 bridgehead atoms. The molecule has 4 N–H and O–H groups in total. The number of fused-ring (bicyclic) bond motifs is 1. The predicted molar refractivity (Wildman–Crippen MR) is 103 cm³/mol. The van der Waals surface area contributed by atoms with Gasteiger partial charge in [-0.2, -0.15) is 0 Å². The van der Waals surface area contributed by atoms with Gasteiger partial charge in [0.1, 0.15) is 30.0 Å². The van der Waals surface area contributed by atoms with Gasteiger partial charge in [0.05, 0.1) is 11.2 Å². The Labute approximate surface area is 160 Å². The summed E-state index contributed by atoms with van der Waals surface area (Å²) >= 11 is 0. The second kappa shape index (κ2) is 7.49. The molecule has 1 saturated heterocycles. The van der Waals surface area contributed by atoms with Gasteiger partial charge in [-0.1, -0.05) is 12.1 Å². The maximum Gasteiger partial charge on any atom is 0.141 e. The summed E-state index contributed by atoms with van der Waals surface area (Å²) in [5.74, 6) is -0.672. The number of para-hydroxylation sites is 1. The minimum atomic E-state index is -1.19. The molecule has 1 aromatic heterocycles. The van der Waals surface area contributed by atoms with Gasteiger partial charge in [-0.15, -0.1) is 0 Å². The van der Waals surface area contributed by atoms with Crippen molar-refractivity contribution in [2.75, 3.05) is 18.4 Å². The third-order valence-corrected chi connectivity index (χ3v) is 4.69. The molecule has 0 aliphatic carbocycles. The minimum Gasteiger partial charge on any atom is -0.376 e. The van der Waals surface area contributed by atoms with Crippen molar-refractivity contribution in [2.45, 2.75) is 12.6 Å². The molecule has 0 spiro atoms. The van der Waals surface area contributed by atoms with Crippen LogP contribution in [0.3, 0.4) is 0 Å². The van der Waals surface area contributed by atoms with Crippen LogP contribution in [0.4, 0.5) is 14.6 Å². The summed E-state index contributed by atoms with van der Waals surface area (Å²) in [4.78, 5) is 10.5. The van der Waals surface area contributed by atoms with Gasteiger partial charge in [0.2, 0.25) is 0 Å². The number of hydrogen-bond acceptors (Lipinski definition) is 6. The Bertz CT molecular complexity index is 1050. The van der Waals surface area contributed by atoms with E-state index in [9.17, 15) is 13.9 Å². The normalized spacial score (nSPS) is 15.4. The van der Waals surface area contributed by atoms with Crippen molar-refractivity contribution < 1.29 is 13.9 Å². The van der Waals surface area contributed by atoms with Crippen molar-refractivity contribution in [3.8, 4) is 0 Å². The average Bonchev–Trinajstić information content (AvgIpc) is 2.65. The van der Waals surface area contributed by atoms with E-state index in [1.807, 2.05) is 4.90 Å². The Morgan fingerprint density at radius 1 is 1.21 bits per heavy atom. The van der Waals surface area contributed by atoms with Crippen LogP contribution in [0.5, 0.6) is 0 Å². The number of aliphatic hydroxyl groups excluding tert-OH is 1. The summed E-state index contributed by atoms with van der Waals surface area (Å²) in [7, 11) is 0. The SMILES string of the molecule is NC(O)c1cccc2c(N/C(=C/N3CCC3)c3cc(F)ccc3F)ncnc12. The summed E-state index contributed by atoms with van der Waals surface area (Å²) in [5, 5.41) is 13.5. The number of aliphatic hydroxyl groups is 1. The van der Waals surface area contributed by atoms with Crippen LogP contribution in [0, 0.1) is 11.6 Å². The van der Waals surface area contributed by atoms with Gasteiger partial charge in [-0.3, -0.25) is 0 Å². The lowest BCUT2D eigenvalue weighted by atomic mass is 10.1. The zero-order chi connectivity index (χ0) is 19.7. The first-order valence-electron chi connectivity index (χ1n) is 8.88. The largest absolute Gasteiger partial charge is 0.376 e. The van der Waals surface area contributed by atoms with Crippen molar-refractivity contribution in [1.29, 1.82) is 0 Å². The zero-order valence-corrected chi connectivity index (χ0v) is 14.9.